The molecule has 0 aliphatic carbocycles. The first-order valence-electron chi connectivity index (χ1n) is 6.94. The highest BCUT2D eigenvalue weighted by atomic mass is 32.1. The highest BCUT2D eigenvalue weighted by molar-refractivity contribution is 7.10. The summed E-state index contributed by atoms with van der Waals surface area (Å²) < 4.78 is 5.49. The second kappa shape index (κ2) is 5.70. The maximum Gasteiger partial charge on any atom is 0.0593 e. The smallest absolute Gasteiger partial charge is 0.0593 e. The number of thiophene rings is 1. The Morgan fingerprint density at radius 1 is 1.33 bits per heavy atom. The van der Waals surface area contributed by atoms with Gasteiger partial charge in [0.25, 0.3) is 0 Å². The molecule has 3 heterocycles. The summed E-state index contributed by atoms with van der Waals surface area (Å²) >= 11 is 1.89. The van der Waals surface area contributed by atoms with E-state index >= 15 is 0 Å². The number of rotatable bonds is 5. The van der Waals surface area contributed by atoms with Crippen LogP contribution < -0.4 is 5.32 Å². The van der Waals surface area contributed by atoms with Crippen LogP contribution in [-0.2, 0) is 10.2 Å². The van der Waals surface area contributed by atoms with Crippen LogP contribution in [0.15, 0.2) is 17.5 Å². The minimum absolute atomic E-state index is 0.349. The van der Waals surface area contributed by atoms with E-state index in [1.54, 1.807) is 0 Å². The van der Waals surface area contributed by atoms with E-state index in [2.05, 4.69) is 27.7 Å². The zero-order valence-corrected chi connectivity index (χ0v) is 11.7. The molecular weight excluding hydrogens is 244 g/mol. The Bertz CT molecular complexity index is 356. The molecule has 3 nitrogen and oxygen atoms in total. The van der Waals surface area contributed by atoms with Crippen molar-refractivity contribution in [3.63, 3.8) is 0 Å². The molecule has 4 heteroatoms. The third-order valence-corrected chi connectivity index (χ3v) is 5.26. The van der Waals surface area contributed by atoms with Gasteiger partial charge in [-0.2, -0.15) is 0 Å². The monoisotopic (exact) mass is 266 g/mol. The normalized spacial score (nSPS) is 23.8. The van der Waals surface area contributed by atoms with Gasteiger partial charge in [0.05, 0.1) is 18.6 Å². The van der Waals surface area contributed by atoms with Crippen LogP contribution in [0, 0.1) is 0 Å². The molecule has 0 saturated carbocycles. The van der Waals surface area contributed by atoms with Crippen molar-refractivity contribution in [3.8, 4) is 0 Å². The van der Waals surface area contributed by atoms with E-state index in [1.807, 2.05) is 11.3 Å². The average Bonchev–Trinajstić information content (AvgIpc) is 2.88. The molecular formula is C14H22N2OS. The zero-order chi connectivity index (χ0) is 12.3. The van der Waals surface area contributed by atoms with E-state index in [-0.39, 0.29) is 0 Å². The lowest BCUT2D eigenvalue weighted by molar-refractivity contribution is -0.0641. The van der Waals surface area contributed by atoms with Crippen LogP contribution in [0.5, 0.6) is 0 Å². The van der Waals surface area contributed by atoms with Gasteiger partial charge in [-0.25, -0.2) is 0 Å². The molecule has 2 aliphatic heterocycles. The van der Waals surface area contributed by atoms with E-state index < -0.39 is 0 Å². The number of ether oxygens (including phenoxy) is 1. The van der Waals surface area contributed by atoms with Crippen LogP contribution in [0.2, 0.25) is 0 Å². The molecule has 1 aromatic rings. The van der Waals surface area contributed by atoms with Gasteiger partial charge < -0.3 is 15.0 Å². The Morgan fingerprint density at radius 2 is 2.17 bits per heavy atom. The van der Waals surface area contributed by atoms with Gasteiger partial charge >= 0.3 is 0 Å². The standard InChI is InChI=1S/C14H22N2OS/c1-3-13(18-10-1)14(11-17-12-14)4-2-7-16-8-5-15-6-9-16/h1,3,10,15H,2,4-9,11-12H2. The summed E-state index contributed by atoms with van der Waals surface area (Å²) in [5.74, 6) is 0. The first-order valence-corrected chi connectivity index (χ1v) is 7.82. The Kier molecular flexibility index (Phi) is 3.99. The van der Waals surface area contributed by atoms with E-state index in [4.69, 9.17) is 4.74 Å². The molecule has 2 fully saturated rings. The van der Waals surface area contributed by atoms with Crippen LogP contribution >= 0.6 is 11.3 Å². The summed E-state index contributed by atoms with van der Waals surface area (Å²) in [5.41, 5.74) is 0.349. The molecule has 3 rings (SSSR count). The molecule has 0 amide bonds. The Labute approximate surface area is 113 Å². The van der Waals surface area contributed by atoms with Gasteiger partial charge in [0, 0.05) is 31.1 Å². The van der Waals surface area contributed by atoms with Gasteiger partial charge in [0.1, 0.15) is 0 Å². The van der Waals surface area contributed by atoms with Crippen molar-refractivity contribution in [2.45, 2.75) is 18.3 Å². The van der Waals surface area contributed by atoms with Gasteiger partial charge in [-0.05, 0) is 30.8 Å². The minimum Gasteiger partial charge on any atom is -0.379 e. The van der Waals surface area contributed by atoms with Gasteiger partial charge in [-0.1, -0.05) is 6.07 Å². The van der Waals surface area contributed by atoms with Crippen molar-refractivity contribution >= 4 is 11.3 Å². The van der Waals surface area contributed by atoms with Gasteiger partial charge in [-0.3, -0.25) is 0 Å². The maximum atomic E-state index is 5.49. The topological polar surface area (TPSA) is 24.5 Å². The fraction of sp³-hybridized carbons (Fsp3) is 0.714. The van der Waals surface area contributed by atoms with Crippen molar-refractivity contribution < 1.29 is 4.74 Å². The van der Waals surface area contributed by atoms with Crippen LogP contribution in [0.1, 0.15) is 17.7 Å². The molecule has 0 bridgehead atoms. The molecule has 1 aromatic heterocycles. The third kappa shape index (κ3) is 2.62. The van der Waals surface area contributed by atoms with E-state index in [9.17, 15) is 0 Å². The molecule has 0 unspecified atom stereocenters. The lowest BCUT2D eigenvalue weighted by Crippen LogP contribution is -2.47. The molecule has 18 heavy (non-hydrogen) atoms. The Morgan fingerprint density at radius 3 is 2.78 bits per heavy atom. The van der Waals surface area contributed by atoms with Crippen LogP contribution in [0.3, 0.4) is 0 Å². The molecule has 1 N–H and O–H groups in total. The number of hydrogen-bond acceptors (Lipinski definition) is 4. The molecule has 2 aliphatic rings. The predicted molar refractivity (Wildman–Crippen MR) is 75.4 cm³/mol. The Balaban J connectivity index is 1.49. The van der Waals surface area contributed by atoms with Crippen molar-refractivity contribution in [1.29, 1.82) is 0 Å². The van der Waals surface area contributed by atoms with Gasteiger partial charge in [0.15, 0.2) is 0 Å². The fourth-order valence-electron chi connectivity index (χ4n) is 2.91. The quantitative estimate of drug-likeness (QED) is 0.878. The zero-order valence-electron chi connectivity index (χ0n) is 10.9. The minimum atomic E-state index is 0.349. The third-order valence-electron chi connectivity index (χ3n) is 4.14. The first-order chi connectivity index (χ1) is 8.89. The van der Waals surface area contributed by atoms with Crippen LogP contribution in [0.25, 0.3) is 0 Å². The second-order valence-corrected chi connectivity index (χ2v) is 6.39. The van der Waals surface area contributed by atoms with Crippen LogP contribution in [0.4, 0.5) is 0 Å². The molecule has 0 atom stereocenters. The average molecular weight is 266 g/mol. The summed E-state index contributed by atoms with van der Waals surface area (Å²) in [7, 11) is 0. The number of nitrogens with zero attached hydrogens (tertiary/aromatic N) is 1. The predicted octanol–water partition coefficient (Wildman–Crippen LogP) is 1.70. The van der Waals surface area contributed by atoms with E-state index in [0.717, 1.165) is 26.3 Å². The van der Waals surface area contributed by atoms with E-state index in [1.165, 1.54) is 37.4 Å². The summed E-state index contributed by atoms with van der Waals surface area (Å²) in [4.78, 5) is 4.10. The van der Waals surface area contributed by atoms with Crippen molar-refractivity contribution in [2.24, 2.45) is 0 Å². The highest BCUT2D eigenvalue weighted by Gasteiger charge is 2.40. The number of nitrogens with one attached hydrogen (secondary N) is 1. The van der Waals surface area contributed by atoms with E-state index in [0.29, 0.717) is 5.41 Å². The second-order valence-electron chi connectivity index (χ2n) is 5.45. The summed E-state index contributed by atoms with van der Waals surface area (Å²) in [5, 5.41) is 5.59. The van der Waals surface area contributed by atoms with Crippen molar-refractivity contribution in [2.75, 3.05) is 45.9 Å². The molecule has 100 valence electrons. The van der Waals surface area contributed by atoms with Crippen molar-refractivity contribution in [1.82, 2.24) is 10.2 Å². The highest BCUT2D eigenvalue weighted by Crippen LogP contribution is 2.39. The van der Waals surface area contributed by atoms with Crippen molar-refractivity contribution in [3.05, 3.63) is 22.4 Å². The van der Waals surface area contributed by atoms with Gasteiger partial charge in [-0.15, -0.1) is 11.3 Å². The summed E-state index contributed by atoms with van der Waals surface area (Å²) in [6, 6.07) is 4.44. The summed E-state index contributed by atoms with van der Waals surface area (Å²) in [6.45, 7) is 7.82. The number of hydrogen-bond donors (Lipinski definition) is 1. The molecule has 0 spiro atoms. The fourth-order valence-corrected chi connectivity index (χ4v) is 3.85. The molecule has 0 radical (unpaired) electrons. The lowest BCUT2D eigenvalue weighted by Gasteiger charge is -2.41. The number of piperazine rings is 1. The maximum absolute atomic E-state index is 5.49. The molecule has 0 aromatic carbocycles. The largest absolute Gasteiger partial charge is 0.379 e. The van der Waals surface area contributed by atoms with Gasteiger partial charge in [0.2, 0.25) is 0 Å². The lowest BCUT2D eigenvalue weighted by atomic mass is 9.80. The Hall–Kier alpha value is -0.420. The first kappa shape index (κ1) is 12.6. The molecule has 2 saturated heterocycles. The van der Waals surface area contributed by atoms with Crippen LogP contribution in [-0.4, -0.2) is 50.8 Å². The summed E-state index contributed by atoms with van der Waals surface area (Å²) in [6.07, 6.45) is 2.57. The SMILES string of the molecule is c1csc(C2(CCCN3CCNCC3)COC2)c1.